The molecule has 1 saturated heterocycles. The molecule has 0 bridgehead atoms. The number of anilines is 1. The Kier molecular flexibility index (Phi) is 5.60. The van der Waals surface area contributed by atoms with Gasteiger partial charge in [0.2, 0.25) is 0 Å². The monoisotopic (exact) mass is 459 g/mol. The zero-order valence-corrected chi connectivity index (χ0v) is 18.7. The average molecular weight is 460 g/mol. The highest BCUT2D eigenvalue weighted by atomic mass is 35.5. The summed E-state index contributed by atoms with van der Waals surface area (Å²) in [5.41, 5.74) is 3.12. The number of fused-ring (bicyclic) bond motifs is 1. The second-order valence-corrected chi connectivity index (χ2v) is 8.58. The van der Waals surface area contributed by atoms with E-state index in [0.717, 1.165) is 11.3 Å². The van der Waals surface area contributed by atoms with E-state index in [1.807, 2.05) is 35.2 Å². The lowest BCUT2D eigenvalue weighted by atomic mass is 10.1. The molecule has 166 valence electrons. The molecule has 0 spiro atoms. The molecule has 2 aliphatic rings. The molecule has 0 unspecified atom stereocenters. The van der Waals surface area contributed by atoms with Gasteiger partial charge in [0.15, 0.2) is 0 Å². The average Bonchev–Trinajstić information content (AvgIpc) is 3.09. The Hall–Kier alpha value is -3.64. The van der Waals surface area contributed by atoms with Crippen LogP contribution in [0.4, 0.5) is 5.69 Å². The predicted octanol–water partition coefficient (Wildman–Crippen LogP) is 4.10. The van der Waals surface area contributed by atoms with E-state index < -0.39 is 0 Å². The van der Waals surface area contributed by atoms with Crippen LogP contribution in [-0.2, 0) is 6.54 Å². The number of halogens is 1. The third-order valence-electron chi connectivity index (χ3n) is 6.15. The van der Waals surface area contributed by atoms with Crippen molar-refractivity contribution in [3.05, 3.63) is 100 Å². The Morgan fingerprint density at radius 1 is 0.788 bits per heavy atom. The van der Waals surface area contributed by atoms with Gasteiger partial charge < -0.3 is 9.80 Å². The van der Waals surface area contributed by atoms with E-state index in [4.69, 9.17) is 11.6 Å². The number of hydrogen-bond acceptors (Lipinski definition) is 4. The smallest absolute Gasteiger partial charge is 0.261 e. The lowest BCUT2D eigenvalue weighted by molar-refractivity contribution is 0.0642. The van der Waals surface area contributed by atoms with E-state index in [1.54, 1.807) is 42.5 Å². The summed E-state index contributed by atoms with van der Waals surface area (Å²) in [4.78, 5) is 43.7. The van der Waals surface area contributed by atoms with Crippen molar-refractivity contribution < 1.29 is 14.4 Å². The Labute approximate surface area is 197 Å². The standard InChI is InChI=1S/C26H22ClN3O3/c27-22-10-3-4-11-23(22)28-12-14-29(15-13-28)24(31)19-7-5-6-18(16-19)17-30-25(32)20-8-1-2-9-21(20)26(30)33/h1-11,16H,12-15,17H2. The molecule has 1 fully saturated rings. The molecule has 33 heavy (non-hydrogen) atoms. The third-order valence-corrected chi connectivity index (χ3v) is 6.47. The molecule has 0 N–H and O–H groups in total. The van der Waals surface area contributed by atoms with Crippen molar-refractivity contribution >= 4 is 35.0 Å². The first-order valence-electron chi connectivity index (χ1n) is 10.9. The summed E-state index contributed by atoms with van der Waals surface area (Å²) < 4.78 is 0. The van der Waals surface area contributed by atoms with Crippen molar-refractivity contribution in [1.82, 2.24) is 9.80 Å². The summed E-state index contributed by atoms with van der Waals surface area (Å²) in [6, 6.07) is 21.7. The largest absolute Gasteiger partial charge is 0.367 e. The van der Waals surface area contributed by atoms with E-state index in [9.17, 15) is 14.4 Å². The van der Waals surface area contributed by atoms with Gasteiger partial charge in [0, 0.05) is 31.7 Å². The summed E-state index contributed by atoms with van der Waals surface area (Å²) >= 11 is 6.32. The molecular formula is C26H22ClN3O3. The maximum Gasteiger partial charge on any atom is 0.261 e. The lowest BCUT2D eigenvalue weighted by Gasteiger charge is -2.36. The number of amides is 3. The summed E-state index contributed by atoms with van der Waals surface area (Å²) in [5, 5.41) is 0.707. The van der Waals surface area contributed by atoms with Gasteiger partial charge >= 0.3 is 0 Å². The summed E-state index contributed by atoms with van der Waals surface area (Å²) in [6.07, 6.45) is 0. The van der Waals surface area contributed by atoms with Gasteiger partial charge in [0.05, 0.1) is 28.4 Å². The number of benzene rings is 3. The highest BCUT2D eigenvalue weighted by molar-refractivity contribution is 6.33. The van der Waals surface area contributed by atoms with Gasteiger partial charge in [0.25, 0.3) is 17.7 Å². The highest BCUT2D eigenvalue weighted by Gasteiger charge is 2.35. The third kappa shape index (κ3) is 3.98. The molecule has 0 aromatic heterocycles. The Balaban J connectivity index is 1.26. The summed E-state index contributed by atoms with van der Waals surface area (Å²) in [7, 11) is 0. The SMILES string of the molecule is O=C(c1cccc(CN2C(=O)c3ccccc3C2=O)c1)N1CCN(c2ccccc2Cl)CC1. The zero-order valence-electron chi connectivity index (χ0n) is 17.9. The van der Waals surface area contributed by atoms with E-state index in [-0.39, 0.29) is 24.3 Å². The molecule has 6 nitrogen and oxygen atoms in total. The molecule has 0 aliphatic carbocycles. The lowest BCUT2D eigenvalue weighted by Crippen LogP contribution is -2.48. The van der Waals surface area contributed by atoms with Crippen LogP contribution >= 0.6 is 11.6 Å². The Morgan fingerprint density at radius 3 is 2.09 bits per heavy atom. The molecule has 7 heteroatoms. The maximum atomic E-state index is 13.1. The van der Waals surface area contributed by atoms with Crippen LogP contribution in [-0.4, -0.2) is 53.7 Å². The number of imide groups is 1. The van der Waals surface area contributed by atoms with Crippen molar-refractivity contribution in [2.24, 2.45) is 0 Å². The molecular weight excluding hydrogens is 438 g/mol. The first-order chi connectivity index (χ1) is 16.0. The van der Waals surface area contributed by atoms with Crippen molar-refractivity contribution in [1.29, 1.82) is 0 Å². The molecule has 0 radical (unpaired) electrons. The number of rotatable bonds is 4. The van der Waals surface area contributed by atoms with Crippen LogP contribution in [0.1, 0.15) is 36.6 Å². The fraction of sp³-hybridized carbons (Fsp3) is 0.192. The van der Waals surface area contributed by atoms with Gasteiger partial charge in [-0.2, -0.15) is 0 Å². The molecule has 0 atom stereocenters. The molecule has 3 aromatic rings. The number of para-hydroxylation sites is 1. The topological polar surface area (TPSA) is 60.9 Å². The van der Waals surface area contributed by atoms with E-state index in [1.165, 1.54) is 4.90 Å². The minimum atomic E-state index is -0.303. The highest BCUT2D eigenvalue weighted by Crippen LogP contribution is 2.27. The Bertz CT molecular complexity index is 1220. The molecule has 2 heterocycles. The fourth-order valence-corrected chi connectivity index (χ4v) is 4.66. The first kappa shape index (κ1) is 21.2. The molecule has 2 aliphatic heterocycles. The van der Waals surface area contributed by atoms with Gasteiger partial charge in [-0.1, -0.05) is 48.0 Å². The van der Waals surface area contributed by atoms with E-state index in [2.05, 4.69) is 4.90 Å². The van der Waals surface area contributed by atoms with Gasteiger partial charge in [-0.15, -0.1) is 0 Å². The second-order valence-electron chi connectivity index (χ2n) is 8.17. The fourth-order valence-electron chi connectivity index (χ4n) is 4.41. The summed E-state index contributed by atoms with van der Waals surface area (Å²) in [6.45, 7) is 2.71. The van der Waals surface area contributed by atoms with Gasteiger partial charge in [-0.25, -0.2) is 0 Å². The van der Waals surface area contributed by atoms with Crippen LogP contribution < -0.4 is 4.90 Å². The van der Waals surface area contributed by atoms with Gasteiger partial charge in [-0.05, 0) is 42.0 Å². The van der Waals surface area contributed by atoms with Crippen molar-refractivity contribution in [2.45, 2.75) is 6.54 Å². The van der Waals surface area contributed by atoms with Crippen LogP contribution in [0.3, 0.4) is 0 Å². The van der Waals surface area contributed by atoms with Crippen LogP contribution in [0.5, 0.6) is 0 Å². The van der Waals surface area contributed by atoms with Crippen LogP contribution in [0.25, 0.3) is 0 Å². The minimum Gasteiger partial charge on any atom is -0.367 e. The predicted molar refractivity (Wildman–Crippen MR) is 127 cm³/mol. The second kappa shape index (κ2) is 8.71. The number of nitrogens with zero attached hydrogens (tertiary/aromatic N) is 3. The maximum absolute atomic E-state index is 13.1. The van der Waals surface area contributed by atoms with Crippen molar-refractivity contribution in [2.75, 3.05) is 31.1 Å². The number of hydrogen-bond donors (Lipinski definition) is 0. The molecule has 5 rings (SSSR count). The van der Waals surface area contributed by atoms with Gasteiger partial charge in [-0.3, -0.25) is 19.3 Å². The van der Waals surface area contributed by atoms with Crippen molar-refractivity contribution in [3.63, 3.8) is 0 Å². The zero-order chi connectivity index (χ0) is 22.9. The minimum absolute atomic E-state index is 0.0574. The van der Waals surface area contributed by atoms with Crippen LogP contribution in [0, 0.1) is 0 Å². The van der Waals surface area contributed by atoms with E-state index in [0.29, 0.717) is 47.9 Å². The molecule has 3 amide bonds. The van der Waals surface area contributed by atoms with Gasteiger partial charge in [0.1, 0.15) is 0 Å². The number of piperazine rings is 1. The van der Waals surface area contributed by atoms with Crippen molar-refractivity contribution in [3.8, 4) is 0 Å². The molecule has 3 aromatic carbocycles. The summed E-state index contributed by atoms with van der Waals surface area (Å²) in [5.74, 6) is -0.663. The quantitative estimate of drug-likeness (QED) is 0.551. The Morgan fingerprint density at radius 2 is 1.42 bits per heavy atom. The number of carbonyl (C=O) groups excluding carboxylic acids is 3. The van der Waals surface area contributed by atoms with E-state index >= 15 is 0 Å². The normalized spacial score (nSPS) is 15.7. The molecule has 0 saturated carbocycles. The van der Waals surface area contributed by atoms with Crippen LogP contribution in [0.15, 0.2) is 72.8 Å². The van der Waals surface area contributed by atoms with Crippen LogP contribution in [0.2, 0.25) is 5.02 Å². The first-order valence-corrected chi connectivity index (χ1v) is 11.2. The number of carbonyl (C=O) groups is 3.